The third-order valence-electron chi connectivity index (χ3n) is 4.52. The molecule has 0 saturated carbocycles. The predicted molar refractivity (Wildman–Crippen MR) is 142 cm³/mol. The largest absolute Gasteiger partial charge is 0.399 e. The number of hydrogen-bond donors (Lipinski definition) is 2. The van der Waals surface area contributed by atoms with Gasteiger partial charge in [-0.15, -0.1) is 0 Å². The highest BCUT2D eigenvalue weighted by molar-refractivity contribution is 5.90. The second-order valence-corrected chi connectivity index (χ2v) is 7.92. The van der Waals surface area contributed by atoms with E-state index in [0.29, 0.717) is 104 Å². The standard InChI is InChI=1S/C25H48N4O9/c1-3-8-32-10-12-34-14-16-36-18-20-38-21-19-37-17-15-35-13-11-33-9-6-29(27)23-24(26)22-28(2)25(31)5-4-7-30/h4-5,7,23H,3,6,8-22,26-27H2,1-2H3/b5-4-,24-23-. The molecule has 0 aliphatic carbocycles. The second kappa shape index (κ2) is 27.9. The lowest BCUT2D eigenvalue weighted by Crippen LogP contribution is -2.34. The maximum Gasteiger partial charge on any atom is 0.246 e. The van der Waals surface area contributed by atoms with E-state index in [-0.39, 0.29) is 12.5 Å². The first-order chi connectivity index (χ1) is 18.5. The summed E-state index contributed by atoms with van der Waals surface area (Å²) in [7, 11) is 1.57. The molecule has 0 aromatic heterocycles. The first-order valence-electron chi connectivity index (χ1n) is 12.9. The number of allylic oxidation sites excluding steroid dienone is 1. The number of carbonyl (C=O) groups is 2. The van der Waals surface area contributed by atoms with Crippen LogP contribution < -0.4 is 11.6 Å². The summed E-state index contributed by atoms with van der Waals surface area (Å²) >= 11 is 0. The third kappa shape index (κ3) is 25.5. The first kappa shape index (κ1) is 35.9. The van der Waals surface area contributed by atoms with Crippen molar-refractivity contribution >= 4 is 12.2 Å². The monoisotopic (exact) mass is 548 g/mol. The highest BCUT2D eigenvalue weighted by atomic mass is 16.6. The Hall–Kier alpha value is -2.10. The van der Waals surface area contributed by atoms with E-state index in [4.69, 9.17) is 44.7 Å². The highest BCUT2D eigenvalue weighted by Gasteiger charge is 2.06. The van der Waals surface area contributed by atoms with Crippen LogP contribution in [0.1, 0.15) is 13.3 Å². The van der Waals surface area contributed by atoms with Gasteiger partial charge in [0.05, 0.1) is 99.0 Å². The summed E-state index contributed by atoms with van der Waals surface area (Å²) < 4.78 is 37.9. The summed E-state index contributed by atoms with van der Waals surface area (Å²) in [6.45, 7) is 9.94. The van der Waals surface area contributed by atoms with Crippen LogP contribution in [0.2, 0.25) is 0 Å². The number of likely N-dealkylation sites (N-methyl/N-ethyl adjacent to an activating group) is 1. The Kier molecular flexibility index (Phi) is 26.4. The SMILES string of the molecule is CCCOCCOCCOCCOCCOCCOCCOCCN(N)/C=C(\N)CN(C)C(=O)/C=C\C=O. The van der Waals surface area contributed by atoms with Crippen LogP contribution in [0.4, 0.5) is 0 Å². The van der Waals surface area contributed by atoms with Gasteiger partial charge >= 0.3 is 0 Å². The van der Waals surface area contributed by atoms with E-state index < -0.39 is 0 Å². The van der Waals surface area contributed by atoms with Gasteiger partial charge in [0.1, 0.15) is 6.29 Å². The second-order valence-electron chi connectivity index (χ2n) is 7.92. The molecule has 0 aliphatic heterocycles. The molecule has 0 aromatic carbocycles. The van der Waals surface area contributed by atoms with Gasteiger partial charge in [-0.05, 0) is 12.5 Å². The zero-order chi connectivity index (χ0) is 28.1. The predicted octanol–water partition coefficient (Wildman–Crippen LogP) is -0.298. The molecule has 0 spiro atoms. The first-order valence-corrected chi connectivity index (χ1v) is 12.9. The van der Waals surface area contributed by atoms with E-state index in [2.05, 4.69) is 6.92 Å². The Balaban J connectivity index is 3.40. The molecule has 0 saturated heterocycles. The molecule has 0 aliphatic rings. The topological polar surface area (TPSA) is 157 Å². The Morgan fingerprint density at radius 1 is 0.711 bits per heavy atom. The molecule has 0 atom stereocenters. The molecule has 13 nitrogen and oxygen atoms in total. The minimum Gasteiger partial charge on any atom is -0.399 e. The number of hydrazine groups is 1. The van der Waals surface area contributed by atoms with Gasteiger partial charge < -0.3 is 48.8 Å². The minimum atomic E-state index is -0.331. The van der Waals surface area contributed by atoms with Gasteiger partial charge in [-0.2, -0.15) is 0 Å². The van der Waals surface area contributed by atoms with Crippen molar-refractivity contribution in [3.8, 4) is 0 Å². The van der Waals surface area contributed by atoms with Crippen molar-refractivity contribution in [2.75, 3.05) is 113 Å². The van der Waals surface area contributed by atoms with Crippen molar-refractivity contribution in [3.63, 3.8) is 0 Å². The van der Waals surface area contributed by atoms with Crippen LogP contribution in [0, 0.1) is 0 Å². The number of hydrogen-bond acceptors (Lipinski definition) is 12. The van der Waals surface area contributed by atoms with Gasteiger partial charge in [0.2, 0.25) is 5.91 Å². The highest BCUT2D eigenvalue weighted by Crippen LogP contribution is 1.94. The van der Waals surface area contributed by atoms with Crippen molar-refractivity contribution in [2.45, 2.75) is 13.3 Å². The summed E-state index contributed by atoms with van der Waals surface area (Å²) in [4.78, 5) is 23.3. The van der Waals surface area contributed by atoms with Crippen molar-refractivity contribution in [2.24, 2.45) is 11.6 Å². The third-order valence-corrected chi connectivity index (χ3v) is 4.52. The molecule has 0 unspecified atom stereocenters. The van der Waals surface area contributed by atoms with E-state index in [9.17, 15) is 9.59 Å². The lowest BCUT2D eigenvalue weighted by atomic mass is 10.4. The van der Waals surface area contributed by atoms with Gasteiger partial charge in [0.25, 0.3) is 0 Å². The average Bonchev–Trinajstić information content (AvgIpc) is 2.89. The van der Waals surface area contributed by atoms with E-state index in [1.54, 1.807) is 7.05 Å². The number of rotatable bonds is 28. The molecule has 0 rings (SSSR count). The smallest absolute Gasteiger partial charge is 0.246 e. The van der Waals surface area contributed by atoms with Gasteiger partial charge in [0.15, 0.2) is 0 Å². The summed E-state index contributed by atoms with van der Waals surface area (Å²) in [5, 5.41) is 1.39. The fourth-order valence-electron chi connectivity index (χ4n) is 2.65. The van der Waals surface area contributed by atoms with Crippen molar-refractivity contribution in [3.05, 3.63) is 24.0 Å². The van der Waals surface area contributed by atoms with Crippen LogP contribution in [0.3, 0.4) is 0 Å². The maximum absolute atomic E-state index is 11.7. The van der Waals surface area contributed by atoms with E-state index in [1.165, 1.54) is 22.2 Å². The van der Waals surface area contributed by atoms with Crippen LogP contribution in [0.5, 0.6) is 0 Å². The Bertz CT molecular complexity index is 624. The fraction of sp³-hybridized carbons (Fsp3) is 0.760. The normalized spacial score (nSPS) is 11.8. The zero-order valence-corrected chi connectivity index (χ0v) is 23.1. The van der Waals surface area contributed by atoms with Crippen molar-refractivity contribution < 1.29 is 42.7 Å². The van der Waals surface area contributed by atoms with E-state index in [1.807, 2.05) is 0 Å². The molecule has 0 radical (unpaired) electrons. The molecule has 1 amide bonds. The summed E-state index contributed by atoms with van der Waals surface area (Å²) in [5.41, 5.74) is 6.28. The van der Waals surface area contributed by atoms with E-state index >= 15 is 0 Å². The summed E-state index contributed by atoms with van der Waals surface area (Å²) in [5.74, 6) is 5.52. The quantitative estimate of drug-likeness (QED) is 0.0433. The van der Waals surface area contributed by atoms with Crippen molar-refractivity contribution in [1.82, 2.24) is 9.91 Å². The average molecular weight is 549 g/mol. The maximum atomic E-state index is 11.7. The Morgan fingerprint density at radius 3 is 1.50 bits per heavy atom. The number of aldehydes is 1. The number of nitrogens with zero attached hydrogens (tertiary/aromatic N) is 2. The summed E-state index contributed by atoms with van der Waals surface area (Å²) in [6.07, 6.45) is 5.38. The lowest BCUT2D eigenvalue weighted by Gasteiger charge is -2.18. The van der Waals surface area contributed by atoms with Crippen LogP contribution in [0.15, 0.2) is 24.0 Å². The molecular weight excluding hydrogens is 500 g/mol. The minimum absolute atomic E-state index is 0.180. The molecule has 0 aromatic rings. The van der Waals surface area contributed by atoms with E-state index in [0.717, 1.165) is 19.1 Å². The number of amides is 1. The summed E-state index contributed by atoms with van der Waals surface area (Å²) in [6, 6.07) is 0. The number of ether oxygens (including phenoxy) is 7. The Morgan fingerprint density at radius 2 is 1.11 bits per heavy atom. The van der Waals surface area contributed by atoms with Crippen LogP contribution in [0.25, 0.3) is 0 Å². The Labute approximate surface area is 226 Å². The van der Waals surface area contributed by atoms with Crippen LogP contribution in [-0.4, -0.2) is 135 Å². The molecule has 0 fully saturated rings. The molecule has 0 bridgehead atoms. The molecule has 222 valence electrons. The lowest BCUT2D eigenvalue weighted by molar-refractivity contribution is -0.124. The molecule has 4 N–H and O–H groups in total. The molecular formula is C25H48N4O9. The number of nitrogens with two attached hydrogens (primary N) is 2. The van der Waals surface area contributed by atoms with Crippen LogP contribution >= 0.6 is 0 Å². The van der Waals surface area contributed by atoms with Crippen molar-refractivity contribution in [1.29, 1.82) is 0 Å². The molecule has 13 heteroatoms. The molecule has 0 heterocycles. The van der Waals surface area contributed by atoms with Gasteiger partial charge in [-0.25, -0.2) is 5.84 Å². The van der Waals surface area contributed by atoms with Crippen LogP contribution in [-0.2, 0) is 42.7 Å². The van der Waals surface area contributed by atoms with Gasteiger partial charge in [0, 0.05) is 31.6 Å². The zero-order valence-electron chi connectivity index (χ0n) is 23.1. The molecule has 38 heavy (non-hydrogen) atoms. The van der Waals surface area contributed by atoms with Gasteiger partial charge in [-0.1, -0.05) is 6.92 Å². The number of carbonyl (C=O) groups excluding carboxylic acids is 2. The fourth-order valence-corrected chi connectivity index (χ4v) is 2.65. The van der Waals surface area contributed by atoms with Gasteiger partial charge in [-0.3, -0.25) is 9.59 Å².